The molecule has 2 rings (SSSR count). The van der Waals surface area contributed by atoms with Crippen molar-refractivity contribution in [1.82, 2.24) is 9.97 Å². The highest BCUT2D eigenvalue weighted by Crippen LogP contribution is 2.26. The van der Waals surface area contributed by atoms with Gasteiger partial charge in [0, 0.05) is 31.4 Å². The maximum atomic E-state index is 12.2. The van der Waals surface area contributed by atoms with Crippen molar-refractivity contribution < 1.29 is 25.8 Å². The van der Waals surface area contributed by atoms with Crippen LogP contribution in [0.1, 0.15) is 6.42 Å². The molecule has 1 aromatic rings. The Balaban J connectivity index is 2.19. The third-order valence-electron chi connectivity index (χ3n) is 2.60. The molecule has 1 aromatic heterocycles. The number of nitrogens with zero attached hydrogens (tertiary/aromatic N) is 3. The minimum absolute atomic E-state index is 0.0767. The molecular formula is C9H11F3N4O3S. The fourth-order valence-corrected chi connectivity index (χ4v) is 2.07. The van der Waals surface area contributed by atoms with E-state index < -0.39 is 21.5 Å². The first-order valence-electron chi connectivity index (χ1n) is 5.53. The van der Waals surface area contributed by atoms with Crippen LogP contribution in [0, 0.1) is 0 Å². The first kappa shape index (κ1) is 14.8. The van der Waals surface area contributed by atoms with Crippen LogP contribution in [-0.4, -0.2) is 43.0 Å². The summed E-state index contributed by atoms with van der Waals surface area (Å²) in [5.74, 6) is -0.611. The SMILES string of the molecule is NC1CCN(c2nccc(OS(=O)(=O)C(F)(F)F)n2)C1. The summed E-state index contributed by atoms with van der Waals surface area (Å²) in [5.41, 5.74) is 0.180. The molecule has 1 atom stereocenters. The molecule has 1 fully saturated rings. The zero-order chi connectivity index (χ0) is 15.0. The Morgan fingerprint density at radius 1 is 1.45 bits per heavy atom. The molecule has 1 saturated heterocycles. The van der Waals surface area contributed by atoms with Crippen LogP contribution in [-0.2, 0) is 10.1 Å². The average molecular weight is 312 g/mol. The minimum Gasteiger partial charge on any atom is -0.355 e. The first-order valence-corrected chi connectivity index (χ1v) is 6.94. The van der Waals surface area contributed by atoms with Gasteiger partial charge in [0.15, 0.2) is 0 Å². The van der Waals surface area contributed by atoms with Gasteiger partial charge in [0.1, 0.15) is 0 Å². The lowest BCUT2D eigenvalue weighted by molar-refractivity contribution is -0.0501. The number of nitrogens with two attached hydrogens (primary N) is 1. The van der Waals surface area contributed by atoms with E-state index in [-0.39, 0.29) is 12.0 Å². The van der Waals surface area contributed by atoms with Gasteiger partial charge in [-0.25, -0.2) is 4.98 Å². The van der Waals surface area contributed by atoms with E-state index >= 15 is 0 Å². The predicted molar refractivity (Wildman–Crippen MR) is 62.4 cm³/mol. The number of rotatable bonds is 3. The van der Waals surface area contributed by atoms with E-state index in [9.17, 15) is 21.6 Å². The molecule has 0 saturated carbocycles. The molecule has 1 unspecified atom stereocenters. The number of hydrogen-bond donors (Lipinski definition) is 1. The fourth-order valence-electron chi connectivity index (χ4n) is 1.66. The molecule has 112 valence electrons. The number of hydrogen-bond acceptors (Lipinski definition) is 7. The Bertz CT molecular complexity index is 592. The average Bonchev–Trinajstić information content (AvgIpc) is 2.74. The monoisotopic (exact) mass is 312 g/mol. The summed E-state index contributed by atoms with van der Waals surface area (Å²) in [7, 11) is -5.74. The highest BCUT2D eigenvalue weighted by atomic mass is 32.2. The van der Waals surface area contributed by atoms with Gasteiger partial charge in [0.2, 0.25) is 11.8 Å². The van der Waals surface area contributed by atoms with E-state index in [1.54, 1.807) is 4.90 Å². The molecular weight excluding hydrogens is 301 g/mol. The Hall–Kier alpha value is -1.62. The van der Waals surface area contributed by atoms with Crippen molar-refractivity contribution in [3.63, 3.8) is 0 Å². The summed E-state index contributed by atoms with van der Waals surface area (Å²) in [5, 5.41) is 0. The topological polar surface area (TPSA) is 98.4 Å². The summed E-state index contributed by atoms with van der Waals surface area (Å²) in [6.07, 6.45) is 1.81. The van der Waals surface area contributed by atoms with E-state index in [2.05, 4.69) is 14.2 Å². The second-order valence-corrected chi connectivity index (χ2v) is 5.71. The number of aromatic nitrogens is 2. The second-order valence-electron chi connectivity index (χ2n) is 4.17. The summed E-state index contributed by atoms with van der Waals surface area (Å²) in [4.78, 5) is 9.13. The van der Waals surface area contributed by atoms with Crippen LogP contribution >= 0.6 is 0 Å². The van der Waals surface area contributed by atoms with Crippen LogP contribution in [0.3, 0.4) is 0 Å². The zero-order valence-electron chi connectivity index (χ0n) is 10.0. The molecule has 0 radical (unpaired) electrons. The molecule has 1 aliphatic heterocycles. The van der Waals surface area contributed by atoms with Crippen molar-refractivity contribution in [2.24, 2.45) is 5.73 Å². The molecule has 0 aliphatic carbocycles. The summed E-state index contributed by atoms with van der Waals surface area (Å²) >= 11 is 0. The molecule has 2 heterocycles. The van der Waals surface area contributed by atoms with Gasteiger partial charge >= 0.3 is 15.6 Å². The second kappa shape index (κ2) is 5.05. The van der Waals surface area contributed by atoms with Gasteiger partial charge in [-0.2, -0.15) is 26.6 Å². The quantitative estimate of drug-likeness (QED) is 0.630. The summed E-state index contributed by atoms with van der Waals surface area (Å²) in [6, 6.07) is 0.852. The molecule has 1 aliphatic rings. The van der Waals surface area contributed by atoms with Crippen molar-refractivity contribution in [2.45, 2.75) is 18.0 Å². The maximum absolute atomic E-state index is 12.2. The minimum atomic E-state index is -5.74. The molecule has 20 heavy (non-hydrogen) atoms. The third-order valence-corrected chi connectivity index (χ3v) is 3.56. The van der Waals surface area contributed by atoms with E-state index in [1.807, 2.05) is 0 Å². The Morgan fingerprint density at radius 2 is 2.15 bits per heavy atom. The van der Waals surface area contributed by atoms with Crippen molar-refractivity contribution in [3.05, 3.63) is 12.3 Å². The normalized spacial score (nSPS) is 20.2. The van der Waals surface area contributed by atoms with Gasteiger partial charge < -0.3 is 14.8 Å². The fraction of sp³-hybridized carbons (Fsp3) is 0.556. The molecule has 0 bridgehead atoms. The number of alkyl halides is 3. The maximum Gasteiger partial charge on any atom is 0.534 e. The highest BCUT2D eigenvalue weighted by Gasteiger charge is 2.48. The van der Waals surface area contributed by atoms with E-state index in [1.165, 1.54) is 0 Å². The Kier molecular flexibility index (Phi) is 3.73. The van der Waals surface area contributed by atoms with E-state index in [0.717, 1.165) is 12.3 Å². The summed E-state index contributed by atoms with van der Waals surface area (Å²) in [6.45, 7) is 0.978. The van der Waals surface area contributed by atoms with Crippen LogP contribution in [0.5, 0.6) is 5.88 Å². The van der Waals surface area contributed by atoms with Crippen LogP contribution < -0.4 is 14.8 Å². The van der Waals surface area contributed by atoms with Gasteiger partial charge in [0.25, 0.3) is 0 Å². The van der Waals surface area contributed by atoms with Crippen molar-refractivity contribution >= 4 is 16.1 Å². The number of anilines is 1. The van der Waals surface area contributed by atoms with E-state index in [4.69, 9.17) is 5.73 Å². The predicted octanol–water partition coefficient (Wildman–Crippen LogP) is 0.242. The van der Waals surface area contributed by atoms with Crippen molar-refractivity contribution in [1.29, 1.82) is 0 Å². The zero-order valence-corrected chi connectivity index (χ0v) is 10.9. The molecule has 11 heteroatoms. The van der Waals surface area contributed by atoms with Gasteiger partial charge in [-0.3, -0.25) is 0 Å². The lowest BCUT2D eigenvalue weighted by atomic mass is 10.3. The molecule has 0 amide bonds. The lowest BCUT2D eigenvalue weighted by Gasteiger charge is -2.16. The largest absolute Gasteiger partial charge is 0.534 e. The summed E-state index contributed by atoms with van der Waals surface area (Å²) < 4.78 is 62.2. The molecule has 2 N–H and O–H groups in total. The van der Waals surface area contributed by atoms with Gasteiger partial charge in [-0.05, 0) is 6.42 Å². The molecule has 7 nitrogen and oxygen atoms in total. The standard InChI is InChI=1S/C9H11F3N4O3S/c10-9(11,12)20(17,18)19-7-1-3-14-8(15-7)16-4-2-6(13)5-16/h1,3,6H,2,4-5,13H2. The molecule has 0 spiro atoms. The third kappa shape index (κ3) is 3.10. The first-order chi connectivity index (χ1) is 9.19. The van der Waals surface area contributed by atoms with Crippen LogP contribution in [0.4, 0.5) is 19.1 Å². The molecule has 0 aromatic carbocycles. The van der Waals surface area contributed by atoms with Crippen molar-refractivity contribution in [3.8, 4) is 5.88 Å². The van der Waals surface area contributed by atoms with Gasteiger partial charge in [0.05, 0.1) is 0 Å². The number of halogens is 3. The van der Waals surface area contributed by atoms with Crippen molar-refractivity contribution in [2.75, 3.05) is 18.0 Å². The van der Waals surface area contributed by atoms with Crippen LogP contribution in [0.2, 0.25) is 0 Å². The van der Waals surface area contributed by atoms with Gasteiger partial charge in [-0.1, -0.05) is 0 Å². The smallest absolute Gasteiger partial charge is 0.355 e. The lowest BCUT2D eigenvalue weighted by Crippen LogP contribution is -2.29. The highest BCUT2D eigenvalue weighted by molar-refractivity contribution is 7.87. The van der Waals surface area contributed by atoms with Crippen LogP contribution in [0.15, 0.2) is 12.3 Å². The Morgan fingerprint density at radius 3 is 2.70 bits per heavy atom. The van der Waals surface area contributed by atoms with Crippen LogP contribution in [0.25, 0.3) is 0 Å². The van der Waals surface area contributed by atoms with E-state index in [0.29, 0.717) is 19.5 Å². The van der Waals surface area contributed by atoms with Gasteiger partial charge in [-0.15, -0.1) is 0 Å². The Labute approximate surface area is 112 Å².